The number of carbonyl (C=O) groups excluding carboxylic acids is 2. The minimum atomic E-state index is -0.298. The van der Waals surface area contributed by atoms with E-state index in [0.717, 1.165) is 23.8 Å². The number of amides is 2. The summed E-state index contributed by atoms with van der Waals surface area (Å²) in [6.07, 6.45) is 4.43. The summed E-state index contributed by atoms with van der Waals surface area (Å²) in [7, 11) is 0. The molecule has 2 aliphatic rings. The summed E-state index contributed by atoms with van der Waals surface area (Å²) >= 11 is 0. The minimum Gasteiger partial charge on any atom is -0.467 e. The van der Waals surface area contributed by atoms with Gasteiger partial charge in [-0.25, -0.2) is 0 Å². The number of nitrogens with one attached hydrogen (secondary N) is 1. The van der Waals surface area contributed by atoms with Crippen molar-refractivity contribution in [3.63, 3.8) is 0 Å². The molecule has 0 unspecified atom stereocenters. The molecule has 160 valence electrons. The Bertz CT molecular complexity index is 839. The number of rotatable bonds is 7. The van der Waals surface area contributed by atoms with Gasteiger partial charge in [0.15, 0.2) is 0 Å². The predicted molar refractivity (Wildman–Crippen MR) is 114 cm³/mol. The third-order valence-corrected chi connectivity index (χ3v) is 6.28. The van der Waals surface area contributed by atoms with E-state index >= 15 is 0 Å². The summed E-state index contributed by atoms with van der Waals surface area (Å²) in [5.74, 6) is 1.23. The van der Waals surface area contributed by atoms with Gasteiger partial charge in [0.2, 0.25) is 11.8 Å². The van der Waals surface area contributed by atoms with Gasteiger partial charge in [-0.15, -0.1) is 0 Å². The molecule has 2 fully saturated rings. The van der Waals surface area contributed by atoms with Crippen LogP contribution < -0.4 is 5.32 Å². The molecule has 4 rings (SSSR count). The van der Waals surface area contributed by atoms with E-state index in [1.807, 2.05) is 6.07 Å². The van der Waals surface area contributed by atoms with Crippen molar-refractivity contribution in [1.82, 2.24) is 15.1 Å². The van der Waals surface area contributed by atoms with Gasteiger partial charge < -0.3 is 14.6 Å². The molecule has 0 saturated carbocycles. The number of nitrogens with zero attached hydrogens (tertiary/aromatic N) is 2. The third-order valence-electron chi connectivity index (χ3n) is 6.28. The van der Waals surface area contributed by atoms with Gasteiger partial charge in [0.25, 0.3) is 0 Å². The topological polar surface area (TPSA) is 65.8 Å². The lowest BCUT2D eigenvalue weighted by Crippen LogP contribution is -2.32. The highest BCUT2D eigenvalue weighted by molar-refractivity contribution is 5.89. The molecule has 2 aliphatic heterocycles. The van der Waals surface area contributed by atoms with Crippen LogP contribution in [0.1, 0.15) is 43.1 Å². The average Bonchev–Trinajstić information content (AvgIpc) is 3.39. The van der Waals surface area contributed by atoms with Gasteiger partial charge in [-0.2, -0.15) is 0 Å². The summed E-state index contributed by atoms with van der Waals surface area (Å²) < 4.78 is 5.31. The van der Waals surface area contributed by atoms with Crippen molar-refractivity contribution in [3.05, 3.63) is 59.5 Å². The van der Waals surface area contributed by atoms with E-state index in [4.69, 9.17) is 4.42 Å². The lowest BCUT2D eigenvalue weighted by Gasteiger charge is -2.30. The Morgan fingerprint density at radius 3 is 2.53 bits per heavy atom. The molecular weight excluding hydrogens is 378 g/mol. The number of likely N-dealkylation sites (tertiary alicyclic amines) is 2. The van der Waals surface area contributed by atoms with Crippen molar-refractivity contribution in [2.75, 3.05) is 19.6 Å². The van der Waals surface area contributed by atoms with Crippen LogP contribution in [0.25, 0.3) is 0 Å². The van der Waals surface area contributed by atoms with E-state index in [1.54, 1.807) is 17.2 Å². The molecule has 0 radical (unpaired) electrons. The van der Waals surface area contributed by atoms with Crippen molar-refractivity contribution in [2.24, 2.45) is 11.8 Å². The Labute approximate surface area is 178 Å². The summed E-state index contributed by atoms with van der Waals surface area (Å²) in [6, 6.07) is 12.1. The van der Waals surface area contributed by atoms with Gasteiger partial charge in [-0.1, -0.05) is 31.2 Å². The molecule has 0 aliphatic carbocycles. The highest BCUT2D eigenvalue weighted by Crippen LogP contribution is 2.21. The fraction of sp³-hybridized carbons (Fsp3) is 0.500. The third kappa shape index (κ3) is 5.30. The summed E-state index contributed by atoms with van der Waals surface area (Å²) in [6.45, 7) is 7.04. The molecule has 1 atom stereocenters. The van der Waals surface area contributed by atoms with Crippen molar-refractivity contribution >= 4 is 11.8 Å². The maximum atomic E-state index is 12.5. The van der Waals surface area contributed by atoms with Crippen molar-refractivity contribution in [2.45, 2.75) is 45.8 Å². The summed E-state index contributed by atoms with van der Waals surface area (Å²) in [5, 5.41) is 2.99. The quantitative estimate of drug-likeness (QED) is 0.763. The highest BCUT2D eigenvalue weighted by Gasteiger charge is 2.34. The van der Waals surface area contributed by atoms with Crippen LogP contribution in [0.3, 0.4) is 0 Å². The van der Waals surface area contributed by atoms with Crippen LogP contribution in [0.4, 0.5) is 0 Å². The van der Waals surface area contributed by atoms with Gasteiger partial charge in [0.05, 0.1) is 18.7 Å². The monoisotopic (exact) mass is 409 g/mol. The first-order chi connectivity index (χ1) is 14.6. The Balaban J connectivity index is 1.22. The van der Waals surface area contributed by atoms with Gasteiger partial charge in [0, 0.05) is 26.1 Å². The van der Waals surface area contributed by atoms with Crippen molar-refractivity contribution in [1.29, 1.82) is 0 Å². The molecule has 30 heavy (non-hydrogen) atoms. The lowest BCUT2D eigenvalue weighted by molar-refractivity contribution is -0.129. The first-order valence-corrected chi connectivity index (χ1v) is 10.9. The van der Waals surface area contributed by atoms with Crippen LogP contribution in [0.2, 0.25) is 0 Å². The second-order valence-corrected chi connectivity index (χ2v) is 8.75. The van der Waals surface area contributed by atoms with Gasteiger partial charge in [-0.05, 0) is 55.1 Å². The zero-order chi connectivity index (χ0) is 20.9. The van der Waals surface area contributed by atoms with E-state index in [2.05, 4.69) is 41.4 Å². The SMILES string of the molecule is CC1CCN(Cc2ccc(CNC(=O)[C@H]3CC(=O)N(Cc4ccco4)C3)cc2)CC1. The number of piperidine rings is 1. The average molecular weight is 410 g/mol. The molecule has 0 spiro atoms. The summed E-state index contributed by atoms with van der Waals surface area (Å²) in [5.41, 5.74) is 2.39. The molecule has 1 aromatic heterocycles. The highest BCUT2D eigenvalue weighted by atomic mass is 16.3. The first-order valence-electron chi connectivity index (χ1n) is 10.9. The first kappa shape index (κ1) is 20.7. The van der Waals surface area contributed by atoms with Crippen LogP contribution in [0.5, 0.6) is 0 Å². The largest absolute Gasteiger partial charge is 0.467 e. The van der Waals surface area contributed by atoms with Crippen LogP contribution in [-0.2, 0) is 29.2 Å². The van der Waals surface area contributed by atoms with Crippen molar-refractivity contribution in [3.8, 4) is 0 Å². The summed E-state index contributed by atoms with van der Waals surface area (Å²) in [4.78, 5) is 29.0. The molecule has 1 aromatic carbocycles. The van der Waals surface area contributed by atoms with Crippen LogP contribution in [0.15, 0.2) is 47.1 Å². The second-order valence-electron chi connectivity index (χ2n) is 8.75. The Hall–Kier alpha value is -2.60. The Morgan fingerprint density at radius 2 is 1.83 bits per heavy atom. The Kier molecular flexibility index (Phi) is 6.53. The molecule has 1 N–H and O–H groups in total. The van der Waals surface area contributed by atoms with E-state index in [0.29, 0.717) is 19.6 Å². The zero-order valence-electron chi connectivity index (χ0n) is 17.7. The molecule has 0 bridgehead atoms. The molecular formula is C24H31N3O3. The number of benzene rings is 1. The standard InChI is InChI=1S/C24H31N3O3/c1-18-8-10-26(11-9-18)15-20-6-4-19(5-7-20)14-25-24(29)21-13-23(28)27(16-21)17-22-3-2-12-30-22/h2-7,12,18,21H,8-11,13-17H2,1H3,(H,25,29)/t21-/m0/s1. The van der Waals surface area contributed by atoms with Gasteiger partial charge in [0.1, 0.15) is 5.76 Å². The predicted octanol–water partition coefficient (Wildman–Crippen LogP) is 3.18. The van der Waals surface area contributed by atoms with Crippen LogP contribution >= 0.6 is 0 Å². The van der Waals surface area contributed by atoms with Crippen LogP contribution in [-0.4, -0.2) is 41.2 Å². The molecule has 2 saturated heterocycles. The van der Waals surface area contributed by atoms with Gasteiger partial charge in [-0.3, -0.25) is 14.5 Å². The molecule has 2 amide bonds. The fourth-order valence-electron chi connectivity index (χ4n) is 4.27. The van der Waals surface area contributed by atoms with Crippen LogP contribution in [0, 0.1) is 11.8 Å². The van der Waals surface area contributed by atoms with E-state index in [1.165, 1.54) is 31.5 Å². The van der Waals surface area contributed by atoms with E-state index < -0.39 is 0 Å². The zero-order valence-corrected chi connectivity index (χ0v) is 17.7. The maximum absolute atomic E-state index is 12.5. The van der Waals surface area contributed by atoms with Crippen molar-refractivity contribution < 1.29 is 14.0 Å². The second kappa shape index (κ2) is 9.47. The Morgan fingerprint density at radius 1 is 1.10 bits per heavy atom. The van der Waals surface area contributed by atoms with Gasteiger partial charge >= 0.3 is 0 Å². The maximum Gasteiger partial charge on any atom is 0.225 e. The molecule has 6 heteroatoms. The normalized spacial score (nSPS) is 20.6. The number of hydrogen-bond donors (Lipinski definition) is 1. The smallest absolute Gasteiger partial charge is 0.225 e. The molecule has 3 heterocycles. The minimum absolute atomic E-state index is 0.00279. The fourth-order valence-corrected chi connectivity index (χ4v) is 4.27. The van der Waals surface area contributed by atoms with E-state index in [-0.39, 0.29) is 24.2 Å². The molecule has 2 aromatic rings. The molecule has 6 nitrogen and oxygen atoms in total. The lowest BCUT2D eigenvalue weighted by atomic mass is 9.99. The number of hydrogen-bond acceptors (Lipinski definition) is 4. The van der Waals surface area contributed by atoms with E-state index in [9.17, 15) is 9.59 Å². The number of furan rings is 1. The number of carbonyl (C=O) groups is 2.